The summed E-state index contributed by atoms with van der Waals surface area (Å²) in [6.07, 6.45) is 7.31. The van der Waals surface area contributed by atoms with E-state index >= 15 is 0 Å². The number of rotatable bonds is 5. The van der Waals surface area contributed by atoms with Crippen LogP contribution >= 0.6 is 0 Å². The highest BCUT2D eigenvalue weighted by Gasteiger charge is 2.19. The number of hydrogen-bond donors (Lipinski definition) is 2. The van der Waals surface area contributed by atoms with Crippen LogP contribution in [0.15, 0.2) is 18.3 Å². The largest absolute Gasteiger partial charge is 0.384 e. The molecule has 14 heavy (non-hydrogen) atoms. The van der Waals surface area contributed by atoms with E-state index in [0.717, 1.165) is 18.2 Å². The molecule has 1 saturated carbocycles. The molecular formula is C11H17N3. The van der Waals surface area contributed by atoms with E-state index in [1.54, 1.807) is 6.20 Å². The zero-order valence-corrected chi connectivity index (χ0v) is 8.37. The smallest absolute Gasteiger partial charge is 0.123 e. The third-order valence-electron chi connectivity index (χ3n) is 2.60. The summed E-state index contributed by atoms with van der Waals surface area (Å²) in [6.45, 7) is 1.04. The molecule has 1 aliphatic carbocycles. The Kier molecular flexibility index (Phi) is 2.87. The molecule has 0 aromatic carbocycles. The van der Waals surface area contributed by atoms with Gasteiger partial charge in [-0.15, -0.1) is 0 Å². The predicted molar refractivity (Wildman–Crippen MR) is 59.1 cm³/mol. The first-order valence-corrected chi connectivity index (χ1v) is 5.30. The molecule has 0 unspecified atom stereocenters. The van der Waals surface area contributed by atoms with Gasteiger partial charge in [-0.2, -0.15) is 0 Å². The van der Waals surface area contributed by atoms with Gasteiger partial charge < -0.3 is 11.1 Å². The number of aromatic nitrogens is 1. The monoisotopic (exact) mass is 191 g/mol. The molecule has 76 valence electrons. The van der Waals surface area contributed by atoms with Crippen molar-refractivity contribution in [1.29, 1.82) is 0 Å². The van der Waals surface area contributed by atoms with Gasteiger partial charge in [0, 0.05) is 6.54 Å². The maximum atomic E-state index is 5.49. The SMILES string of the molecule is Nc1ccc(NCCCC2CC2)cn1. The molecule has 1 aliphatic rings. The molecule has 0 amide bonds. The maximum absolute atomic E-state index is 5.49. The Hall–Kier alpha value is -1.25. The molecule has 3 heteroatoms. The van der Waals surface area contributed by atoms with Gasteiger partial charge in [-0.1, -0.05) is 12.8 Å². The lowest BCUT2D eigenvalue weighted by Crippen LogP contribution is -2.02. The highest BCUT2D eigenvalue weighted by molar-refractivity contribution is 5.45. The van der Waals surface area contributed by atoms with Crippen molar-refractivity contribution in [3.05, 3.63) is 18.3 Å². The second kappa shape index (κ2) is 4.31. The Morgan fingerprint density at radius 2 is 2.29 bits per heavy atom. The van der Waals surface area contributed by atoms with E-state index in [9.17, 15) is 0 Å². The van der Waals surface area contributed by atoms with E-state index in [1.807, 2.05) is 12.1 Å². The third-order valence-corrected chi connectivity index (χ3v) is 2.60. The highest BCUT2D eigenvalue weighted by Crippen LogP contribution is 2.33. The van der Waals surface area contributed by atoms with Crippen molar-refractivity contribution in [2.45, 2.75) is 25.7 Å². The van der Waals surface area contributed by atoms with Crippen molar-refractivity contribution < 1.29 is 0 Å². The molecule has 0 radical (unpaired) electrons. The van der Waals surface area contributed by atoms with E-state index in [0.29, 0.717) is 5.82 Å². The molecule has 0 bridgehead atoms. The van der Waals surface area contributed by atoms with E-state index < -0.39 is 0 Å². The van der Waals surface area contributed by atoms with Crippen molar-refractivity contribution in [3.63, 3.8) is 0 Å². The first-order chi connectivity index (χ1) is 6.84. The summed E-state index contributed by atoms with van der Waals surface area (Å²) in [5.74, 6) is 1.61. The van der Waals surface area contributed by atoms with Crippen LogP contribution in [0.5, 0.6) is 0 Å². The lowest BCUT2D eigenvalue weighted by Gasteiger charge is -2.05. The number of anilines is 2. The molecule has 1 aromatic rings. The summed E-state index contributed by atoms with van der Waals surface area (Å²) < 4.78 is 0. The van der Waals surface area contributed by atoms with Crippen LogP contribution < -0.4 is 11.1 Å². The van der Waals surface area contributed by atoms with E-state index in [1.165, 1.54) is 25.7 Å². The predicted octanol–water partition coefficient (Wildman–Crippen LogP) is 2.27. The van der Waals surface area contributed by atoms with Crippen LogP contribution in [-0.2, 0) is 0 Å². The minimum Gasteiger partial charge on any atom is -0.384 e. The highest BCUT2D eigenvalue weighted by atomic mass is 14.9. The standard InChI is InChI=1S/C11H17N3/c12-11-6-5-10(8-14-11)13-7-1-2-9-3-4-9/h5-6,8-9,13H,1-4,7H2,(H2,12,14). The van der Waals surface area contributed by atoms with Crippen LogP contribution in [0, 0.1) is 5.92 Å². The first-order valence-electron chi connectivity index (χ1n) is 5.30. The van der Waals surface area contributed by atoms with E-state index in [2.05, 4.69) is 10.3 Å². The second-order valence-electron chi connectivity index (χ2n) is 3.98. The van der Waals surface area contributed by atoms with E-state index in [4.69, 9.17) is 5.73 Å². The van der Waals surface area contributed by atoms with Crippen LogP contribution in [0.3, 0.4) is 0 Å². The van der Waals surface area contributed by atoms with Gasteiger partial charge in [-0.05, 0) is 30.9 Å². The van der Waals surface area contributed by atoms with Crippen LogP contribution in [0.4, 0.5) is 11.5 Å². The molecule has 0 atom stereocenters. The molecule has 0 saturated heterocycles. The number of nitrogens with zero attached hydrogens (tertiary/aromatic N) is 1. The summed E-state index contributed by atoms with van der Waals surface area (Å²) in [5, 5.41) is 3.34. The van der Waals surface area contributed by atoms with E-state index in [-0.39, 0.29) is 0 Å². The van der Waals surface area contributed by atoms with Gasteiger partial charge in [0.2, 0.25) is 0 Å². The normalized spacial score (nSPS) is 15.4. The molecule has 1 fully saturated rings. The van der Waals surface area contributed by atoms with Crippen molar-refractivity contribution in [2.24, 2.45) is 5.92 Å². The summed E-state index contributed by atoms with van der Waals surface area (Å²) in [6, 6.07) is 3.79. The Balaban J connectivity index is 1.66. The fraction of sp³-hybridized carbons (Fsp3) is 0.545. The molecule has 2 rings (SSSR count). The molecule has 1 aromatic heterocycles. The van der Waals surface area contributed by atoms with Crippen LogP contribution in [0.25, 0.3) is 0 Å². The quantitative estimate of drug-likeness (QED) is 0.702. The minimum atomic E-state index is 0.577. The van der Waals surface area contributed by atoms with Crippen LogP contribution in [-0.4, -0.2) is 11.5 Å². The van der Waals surface area contributed by atoms with Gasteiger partial charge in [0.1, 0.15) is 5.82 Å². The average molecular weight is 191 g/mol. The maximum Gasteiger partial charge on any atom is 0.123 e. The number of nitrogens with one attached hydrogen (secondary N) is 1. The van der Waals surface area contributed by atoms with Gasteiger partial charge in [-0.25, -0.2) is 4.98 Å². The summed E-state index contributed by atoms with van der Waals surface area (Å²) in [5.41, 5.74) is 6.56. The van der Waals surface area contributed by atoms with Gasteiger partial charge in [0.25, 0.3) is 0 Å². The number of nitrogen functional groups attached to an aromatic ring is 1. The van der Waals surface area contributed by atoms with Crippen molar-refractivity contribution in [1.82, 2.24) is 4.98 Å². The lowest BCUT2D eigenvalue weighted by molar-refractivity contribution is 0.687. The number of hydrogen-bond acceptors (Lipinski definition) is 3. The number of nitrogens with two attached hydrogens (primary N) is 1. The second-order valence-corrected chi connectivity index (χ2v) is 3.98. The van der Waals surface area contributed by atoms with Crippen molar-refractivity contribution in [3.8, 4) is 0 Å². The van der Waals surface area contributed by atoms with Crippen molar-refractivity contribution in [2.75, 3.05) is 17.6 Å². The summed E-state index contributed by atoms with van der Waals surface area (Å²) >= 11 is 0. The molecule has 0 aliphatic heterocycles. The fourth-order valence-electron chi connectivity index (χ4n) is 1.54. The molecular weight excluding hydrogens is 174 g/mol. The van der Waals surface area contributed by atoms with Gasteiger partial charge in [-0.3, -0.25) is 0 Å². The Morgan fingerprint density at radius 1 is 1.43 bits per heavy atom. The minimum absolute atomic E-state index is 0.577. The Bertz CT molecular complexity index is 277. The summed E-state index contributed by atoms with van der Waals surface area (Å²) in [7, 11) is 0. The van der Waals surface area contributed by atoms with Crippen LogP contribution in [0.2, 0.25) is 0 Å². The Labute approximate surface area is 84.7 Å². The lowest BCUT2D eigenvalue weighted by atomic mass is 10.2. The zero-order chi connectivity index (χ0) is 9.80. The summed E-state index contributed by atoms with van der Waals surface area (Å²) in [4.78, 5) is 4.02. The number of pyridine rings is 1. The molecule has 1 heterocycles. The first kappa shape index (κ1) is 9.31. The Morgan fingerprint density at radius 3 is 2.93 bits per heavy atom. The van der Waals surface area contributed by atoms with Gasteiger partial charge >= 0.3 is 0 Å². The van der Waals surface area contributed by atoms with Gasteiger partial charge in [0.15, 0.2) is 0 Å². The molecule has 3 nitrogen and oxygen atoms in total. The fourth-order valence-corrected chi connectivity index (χ4v) is 1.54. The third kappa shape index (κ3) is 2.91. The van der Waals surface area contributed by atoms with Crippen molar-refractivity contribution >= 4 is 11.5 Å². The molecule has 0 spiro atoms. The van der Waals surface area contributed by atoms with Gasteiger partial charge in [0.05, 0.1) is 11.9 Å². The zero-order valence-electron chi connectivity index (χ0n) is 8.37. The molecule has 3 N–H and O–H groups in total. The average Bonchev–Trinajstić information content (AvgIpc) is 2.99. The van der Waals surface area contributed by atoms with Crippen LogP contribution in [0.1, 0.15) is 25.7 Å². The topological polar surface area (TPSA) is 50.9 Å².